The summed E-state index contributed by atoms with van der Waals surface area (Å²) in [6.07, 6.45) is 5.93. The first-order chi connectivity index (χ1) is 6.22. The van der Waals surface area contributed by atoms with Crippen molar-refractivity contribution in [2.45, 2.75) is 18.4 Å². The van der Waals surface area contributed by atoms with Gasteiger partial charge in [-0.2, -0.15) is 0 Å². The van der Waals surface area contributed by atoms with Gasteiger partial charge in [0.25, 0.3) is 5.91 Å². The van der Waals surface area contributed by atoms with Crippen LogP contribution in [0.2, 0.25) is 0 Å². The Labute approximate surface area is 75.4 Å². The molecule has 1 spiro atoms. The molecular formula is C9H10N2O2. The van der Waals surface area contributed by atoms with Gasteiger partial charge in [0, 0.05) is 5.92 Å². The zero-order valence-corrected chi connectivity index (χ0v) is 7.04. The van der Waals surface area contributed by atoms with E-state index >= 15 is 0 Å². The van der Waals surface area contributed by atoms with Crippen LogP contribution in [0.4, 0.5) is 4.79 Å². The number of fused-ring (bicyclic) bond motifs is 2. The number of carbonyl (C=O) groups is 2. The van der Waals surface area contributed by atoms with Crippen molar-refractivity contribution in [1.29, 1.82) is 0 Å². The van der Waals surface area contributed by atoms with E-state index in [0.717, 1.165) is 12.8 Å². The fourth-order valence-corrected chi connectivity index (χ4v) is 2.76. The molecule has 0 radical (unpaired) electrons. The van der Waals surface area contributed by atoms with Gasteiger partial charge in [0.2, 0.25) is 0 Å². The molecule has 3 atom stereocenters. The van der Waals surface area contributed by atoms with Crippen molar-refractivity contribution in [3.8, 4) is 0 Å². The SMILES string of the molecule is O=C1NC(=O)[C@@]2(C[C@H]3C=CC[C@H]32)N1. The largest absolute Gasteiger partial charge is 0.323 e. The van der Waals surface area contributed by atoms with Gasteiger partial charge in [0.1, 0.15) is 5.54 Å². The Bertz CT molecular complexity index is 337. The van der Waals surface area contributed by atoms with Crippen LogP contribution in [-0.4, -0.2) is 17.5 Å². The second-order valence-corrected chi connectivity index (χ2v) is 4.02. The summed E-state index contributed by atoms with van der Waals surface area (Å²) in [6, 6.07) is -0.338. The van der Waals surface area contributed by atoms with Crippen molar-refractivity contribution in [2.75, 3.05) is 0 Å². The molecule has 68 valence electrons. The third-order valence-corrected chi connectivity index (χ3v) is 3.45. The molecule has 2 aliphatic carbocycles. The Morgan fingerprint density at radius 3 is 2.92 bits per heavy atom. The van der Waals surface area contributed by atoms with Crippen LogP contribution in [0.15, 0.2) is 12.2 Å². The van der Waals surface area contributed by atoms with Crippen molar-refractivity contribution in [3.63, 3.8) is 0 Å². The minimum Gasteiger partial charge on any atom is -0.323 e. The molecule has 2 N–H and O–H groups in total. The first kappa shape index (κ1) is 7.12. The van der Waals surface area contributed by atoms with E-state index < -0.39 is 5.54 Å². The number of rotatable bonds is 0. The lowest BCUT2D eigenvalue weighted by molar-refractivity contribution is -0.131. The number of hydrogen-bond donors (Lipinski definition) is 2. The zero-order chi connectivity index (χ0) is 9.05. The summed E-state index contributed by atoms with van der Waals surface area (Å²) in [6.45, 7) is 0. The second-order valence-electron chi connectivity index (χ2n) is 4.02. The number of hydrogen-bond acceptors (Lipinski definition) is 2. The lowest BCUT2D eigenvalue weighted by atomic mass is 9.60. The monoisotopic (exact) mass is 178 g/mol. The molecule has 4 nitrogen and oxygen atoms in total. The van der Waals surface area contributed by atoms with E-state index in [2.05, 4.69) is 22.8 Å². The number of allylic oxidation sites excluding steroid dienone is 2. The van der Waals surface area contributed by atoms with E-state index in [-0.39, 0.29) is 11.9 Å². The number of carbonyl (C=O) groups excluding carboxylic acids is 2. The number of nitrogens with one attached hydrogen (secondary N) is 2. The molecule has 2 fully saturated rings. The van der Waals surface area contributed by atoms with Crippen LogP contribution in [0.25, 0.3) is 0 Å². The molecule has 1 saturated heterocycles. The highest BCUT2D eigenvalue weighted by atomic mass is 16.2. The summed E-state index contributed by atoms with van der Waals surface area (Å²) in [4.78, 5) is 22.5. The van der Waals surface area contributed by atoms with Crippen LogP contribution < -0.4 is 10.6 Å². The Morgan fingerprint density at radius 2 is 2.31 bits per heavy atom. The topological polar surface area (TPSA) is 58.2 Å². The molecule has 0 bridgehead atoms. The number of amides is 3. The third kappa shape index (κ3) is 0.669. The van der Waals surface area contributed by atoms with Gasteiger partial charge in [0.15, 0.2) is 0 Å². The first-order valence-corrected chi connectivity index (χ1v) is 4.53. The van der Waals surface area contributed by atoms with Crippen LogP contribution in [0, 0.1) is 11.8 Å². The number of imide groups is 1. The maximum absolute atomic E-state index is 11.5. The van der Waals surface area contributed by atoms with E-state index in [9.17, 15) is 9.59 Å². The highest BCUT2D eigenvalue weighted by molar-refractivity contribution is 6.08. The molecule has 0 aromatic rings. The predicted octanol–water partition coefficient (Wildman–Crippen LogP) is 0.161. The number of urea groups is 1. The lowest BCUT2D eigenvalue weighted by Gasteiger charge is -2.47. The minimum absolute atomic E-state index is 0.137. The molecule has 4 heteroatoms. The second kappa shape index (κ2) is 1.95. The van der Waals surface area contributed by atoms with E-state index in [1.165, 1.54) is 0 Å². The first-order valence-electron chi connectivity index (χ1n) is 4.53. The zero-order valence-electron chi connectivity index (χ0n) is 7.04. The quantitative estimate of drug-likeness (QED) is 0.410. The average molecular weight is 178 g/mol. The average Bonchev–Trinajstić information content (AvgIpc) is 2.53. The molecule has 13 heavy (non-hydrogen) atoms. The Balaban J connectivity index is 1.92. The van der Waals surface area contributed by atoms with Gasteiger partial charge in [-0.3, -0.25) is 10.1 Å². The van der Waals surface area contributed by atoms with Gasteiger partial charge in [-0.25, -0.2) is 4.79 Å². The van der Waals surface area contributed by atoms with Gasteiger partial charge in [-0.1, -0.05) is 12.2 Å². The molecule has 0 unspecified atom stereocenters. The summed E-state index contributed by atoms with van der Waals surface area (Å²) in [5.74, 6) is 0.672. The lowest BCUT2D eigenvalue weighted by Crippen LogP contribution is -2.63. The molecule has 1 saturated carbocycles. The van der Waals surface area contributed by atoms with Crippen LogP contribution in [0.3, 0.4) is 0 Å². The van der Waals surface area contributed by atoms with Gasteiger partial charge in [-0.05, 0) is 18.8 Å². The summed E-state index contributed by atoms with van der Waals surface area (Å²) < 4.78 is 0. The van der Waals surface area contributed by atoms with Crippen LogP contribution in [0.5, 0.6) is 0 Å². The standard InChI is InChI=1S/C9H10N2O2/c12-7-9(11-8(13)10-7)4-5-2-1-3-6(5)9/h1-2,5-6H,3-4H2,(H2,10,11,12,13)/t5-,6-,9+/m1/s1. The van der Waals surface area contributed by atoms with Crippen molar-refractivity contribution in [3.05, 3.63) is 12.2 Å². The van der Waals surface area contributed by atoms with Gasteiger partial charge >= 0.3 is 6.03 Å². The normalized spacial score (nSPS) is 45.8. The van der Waals surface area contributed by atoms with Crippen molar-refractivity contribution in [2.24, 2.45) is 11.8 Å². The fraction of sp³-hybridized carbons (Fsp3) is 0.556. The van der Waals surface area contributed by atoms with E-state index in [4.69, 9.17) is 0 Å². The van der Waals surface area contributed by atoms with Crippen molar-refractivity contribution >= 4 is 11.9 Å². The Hall–Kier alpha value is -1.32. The van der Waals surface area contributed by atoms with Crippen molar-refractivity contribution in [1.82, 2.24) is 10.6 Å². The Kier molecular flexibility index (Phi) is 1.07. The summed E-state index contributed by atoms with van der Waals surface area (Å²) in [5, 5.41) is 5.05. The van der Waals surface area contributed by atoms with E-state index in [0.29, 0.717) is 11.8 Å². The van der Waals surface area contributed by atoms with E-state index in [1.54, 1.807) is 0 Å². The maximum Gasteiger partial charge on any atom is 0.322 e. The fourth-order valence-electron chi connectivity index (χ4n) is 2.76. The summed E-state index contributed by atoms with van der Waals surface area (Å²) >= 11 is 0. The summed E-state index contributed by atoms with van der Waals surface area (Å²) in [7, 11) is 0. The smallest absolute Gasteiger partial charge is 0.322 e. The maximum atomic E-state index is 11.5. The summed E-state index contributed by atoms with van der Waals surface area (Å²) in [5.41, 5.74) is -0.564. The molecular weight excluding hydrogens is 168 g/mol. The highest BCUT2D eigenvalue weighted by Crippen LogP contribution is 2.51. The van der Waals surface area contributed by atoms with Crippen LogP contribution in [0.1, 0.15) is 12.8 Å². The molecule has 3 aliphatic rings. The molecule has 0 aromatic heterocycles. The Morgan fingerprint density at radius 1 is 1.46 bits per heavy atom. The van der Waals surface area contributed by atoms with Crippen LogP contribution >= 0.6 is 0 Å². The minimum atomic E-state index is -0.564. The van der Waals surface area contributed by atoms with Gasteiger partial charge in [0.05, 0.1) is 0 Å². The molecule has 0 aromatic carbocycles. The molecule has 3 amide bonds. The highest BCUT2D eigenvalue weighted by Gasteiger charge is 2.62. The van der Waals surface area contributed by atoms with Crippen molar-refractivity contribution < 1.29 is 9.59 Å². The molecule has 3 rings (SSSR count). The predicted molar refractivity (Wildman–Crippen MR) is 44.8 cm³/mol. The van der Waals surface area contributed by atoms with E-state index in [1.807, 2.05) is 0 Å². The molecule has 1 heterocycles. The van der Waals surface area contributed by atoms with Crippen LogP contribution in [-0.2, 0) is 4.79 Å². The van der Waals surface area contributed by atoms with Gasteiger partial charge < -0.3 is 5.32 Å². The third-order valence-electron chi connectivity index (χ3n) is 3.45. The van der Waals surface area contributed by atoms with Gasteiger partial charge in [-0.15, -0.1) is 0 Å². The molecule has 1 aliphatic heterocycles.